The fourth-order valence-corrected chi connectivity index (χ4v) is 2.25. The van der Waals surface area contributed by atoms with Crippen LogP contribution < -0.4 is 4.74 Å². The van der Waals surface area contributed by atoms with E-state index in [-0.39, 0.29) is 5.54 Å². The summed E-state index contributed by atoms with van der Waals surface area (Å²) in [4.78, 5) is 6.06. The molecule has 100 valence electrons. The van der Waals surface area contributed by atoms with E-state index in [1.807, 2.05) is 0 Å². The Balaban J connectivity index is 1.86. The molecule has 1 atom stereocenters. The molecule has 0 bridgehead atoms. The second kappa shape index (κ2) is 5.22. The Labute approximate surface area is 108 Å². The first-order valence-corrected chi connectivity index (χ1v) is 6.54. The first kappa shape index (κ1) is 13.3. The minimum Gasteiger partial charge on any atom is -0.490 e. The SMILES string of the molecule is CCC(C)(C)N1CC[C@H]1COc1ccc(F)nc1. The molecule has 0 aliphatic carbocycles. The van der Waals surface area contributed by atoms with Crippen molar-refractivity contribution in [3.8, 4) is 5.75 Å². The zero-order chi connectivity index (χ0) is 13.2. The number of hydrogen-bond acceptors (Lipinski definition) is 3. The smallest absolute Gasteiger partial charge is 0.213 e. The van der Waals surface area contributed by atoms with Crippen molar-refractivity contribution in [3.63, 3.8) is 0 Å². The third-order valence-corrected chi connectivity index (χ3v) is 3.93. The van der Waals surface area contributed by atoms with Gasteiger partial charge < -0.3 is 4.74 Å². The van der Waals surface area contributed by atoms with Gasteiger partial charge in [0.25, 0.3) is 0 Å². The van der Waals surface area contributed by atoms with Crippen molar-refractivity contribution in [1.82, 2.24) is 9.88 Å². The van der Waals surface area contributed by atoms with E-state index >= 15 is 0 Å². The van der Waals surface area contributed by atoms with E-state index in [1.54, 1.807) is 6.07 Å². The van der Waals surface area contributed by atoms with Crippen LogP contribution in [0.5, 0.6) is 5.75 Å². The van der Waals surface area contributed by atoms with Crippen LogP contribution in [0.1, 0.15) is 33.6 Å². The summed E-state index contributed by atoms with van der Waals surface area (Å²) in [7, 11) is 0. The van der Waals surface area contributed by atoms with Gasteiger partial charge in [-0.1, -0.05) is 6.92 Å². The van der Waals surface area contributed by atoms with E-state index in [0.717, 1.165) is 19.4 Å². The highest BCUT2D eigenvalue weighted by Crippen LogP contribution is 2.30. The van der Waals surface area contributed by atoms with Crippen molar-refractivity contribution in [3.05, 3.63) is 24.3 Å². The third-order valence-electron chi connectivity index (χ3n) is 3.93. The second-order valence-corrected chi connectivity index (χ2v) is 5.43. The largest absolute Gasteiger partial charge is 0.490 e. The molecule has 2 heterocycles. The molecule has 18 heavy (non-hydrogen) atoms. The Bertz CT molecular complexity index is 391. The maximum atomic E-state index is 12.7. The van der Waals surface area contributed by atoms with Crippen LogP contribution in [0.2, 0.25) is 0 Å². The monoisotopic (exact) mass is 252 g/mol. The van der Waals surface area contributed by atoms with Crippen molar-refractivity contribution in [2.45, 2.75) is 45.2 Å². The van der Waals surface area contributed by atoms with Crippen LogP contribution >= 0.6 is 0 Å². The van der Waals surface area contributed by atoms with Gasteiger partial charge >= 0.3 is 0 Å². The minimum atomic E-state index is -0.472. The molecule has 0 saturated carbocycles. The third kappa shape index (κ3) is 2.80. The maximum absolute atomic E-state index is 12.7. The lowest BCUT2D eigenvalue weighted by atomic mass is 9.90. The molecule has 1 aliphatic rings. The zero-order valence-electron chi connectivity index (χ0n) is 11.3. The molecular weight excluding hydrogens is 231 g/mol. The van der Waals surface area contributed by atoms with Gasteiger partial charge in [0.2, 0.25) is 5.95 Å². The highest BCUT2D eigenvalue weighted by molar-refractivity contribution is 5.16. The molecule has 1 saturated heterocycles. The predicted octanol–water partition coefficient (Wildman–Crippen LogP) is 2.86. The Hall–Kier alpha value is -1.16. The van der Waals surface area contributed by atoms with Crippen LogP contribution in [0.25, 0.3) is 0 Å². The maximum Gasteiger partial charge on any atom is 0.213 e. The van der Waals surface area contributed by atoms with Gasteiger partial charge in [0, 0.05) is 18.1 Å². The molecule has 1 aliphatic heterocycles. The van der Waals surface area contributed by atoms with Crippen LogP contribution in [-0.2, 0) is 0 Å². The summed E-state index contributed by atoms with van der Waals surface area (Å²) in [5.74, 6) is 0.164. The normalized spacial score (nSPS) is 20.6. The Morgan fingerprint density at radius 3 is 2.78 bits per heavy atom. The highest BCUT2D eigenvalue weighted by Gasteiger charge is 2.37. The average Bonchev–Trinajstić information content (AvgIpc) is 2.30. The summed E-state index contributed by atoms with van der Waals surface area (Å²) in [5.41, 5.74) is 0.229. The Kier molecular flexibility index (Phi) is 3.85. The van der Waals surface area contributed by atoms with Crippen molar-refractivity contribution in [2.24, 2.45) is 0 Å². The minimum absolute atomic E-state index is 0.229. The molecule has 0 unspecified atom stereocenters. The Morgan fingerprint density at radius 1 is 1.50 bits per heavy atom. The molecule has 0 aromatic carbocycles. The lowest BCUT2D eigenvalue weighted by molar-refractivity contribution is -0.0312. The van der Waals surface area contributed by atoms with E-state index in [2.05, 4.69) is 30.7 Å². The van der Waals surface area contributed by atoms with E-state index < -0.39 is 5.95 Å². The summed E-state index contributed by atoms with van der Waals surface area (Å²) in [6, 6.07) is 3.41. The quantitative estimate of drug-likeness (QED) is 0.753. The first-order valence-electron chi connectivity index (χ1n) is 6.54. The molecule has 2 rings (SSSR count). The van der Waals surface area contributed by atoms with Gasteiger partial charge in [-0.2, -0.15) is 4.39 Å². The van der Waals surface area contributed by atoms with E-state index in [4.69, 9.17) is 4.74 Å². The van der Waals surface area contributed by atoms with Crippen LogP contribution in [0.4, 0.5) is 4.39 Å². The van der Waals surface area contributed by atoms with E-state index in [0.29, 0.717) is 18.4 Å². The summed E-state index contributed by atoms with van der Waals surface area (Å²) >= 11 is 0. The second-order valence-electron chi connectivity index (χ2n) is 5.43. The number of aromatic nitrogens is 1. The summed E-state index contributed by atoms with van der Waals surface area (Å²) in [5, 5.41) is 0. The van der Waals surface area contributed by atoms with Gasteiger partial charge in [0.05, 0.1) is 6.20 Å². The van der Waals surface area contributed by atoms with Gasteiger partial charge in [0.15, 0.2) is 0 Å². The summed E-state index contributed by atoms with van der Waals surface area (Å²) in [6.07, 6.45) is 3.73. The lowest BCUT2D eigenvalue weighted by Gasteiger charge is -2.50. The van der Waals surface area contributed by atoms with Crippen molar-refractivity contribution in [1.29, 1.82) is 0 Å². The topological polar surface area (TPSA) is 25.4 Å². The fraction of sp³-hybridized carbons (Fsp3) is 0.643. The zero-order valence-corrected chi connectivity index (χ0v) is 11.3. The van der Waals surface area contributed by atoms with Crippen LogP contribution in [0.15, 0.2) is 18.3 Å². The number of nitrogens with zero attached hydrogens (tertiary/aromatic N) is 2. The number of hydrogen-bond donors (Lipinski definition) is 0. The van der Waals surface area contributed by atoms with Gasteiger partial charge in [-0.3, -0.25) is 4.90 Å². The number of halogens is 1. The molecule has 0 spiro atoms. The van der Waals surface area contributed by atoms with Gasteiger partial charge in [-0.05, 0) is 38.8 Å². The molecule has 0 amide bonds. The molecule has 0 N–H and O–H groups in total. The molecule has 4 heteroatoms. The summed E-state index contributed by atoms with van der Waals surface area (Å²) < 4.78 is 18.3. The number of pyridine rings is 1. The highest BCUT2D eigenvalue weighted by atomic mass is 19.1. The van der Waals surface area contributed by atoms with Crippen LogP contribution in [0.3, 0.4) is 0 Å². The average molecular weight is 252 g/mol. The van der Waals surface area contributed by atoms with E-state index in [9.17, 15) is 4.39 Å². The first-order chi connectivity index (χ1) is 8.53. The molecule has 0 radical (unpaired) electrons. The van der Waals surface area contributed by atoms with Gasteiger partial charge in [0.1, 0.15) is 12.4 Å². The number of likely N-dealkylation sites (tertiary alicyclic amines) is 1. The van der Waals surface area contributed by atoms with Crippen molar-refractivity contribution >= 4 is 0 Å². The number of rotatable bonds is 5. The van der Waals surface area contributed by atoms with Crippen LogP contribution in [0, 0.1) is 5.95 Å². The fourth-order valence-electron chi connectivity index (χ4n) is 2.25. The van der Waals surface area contributed by atoms with Gasteiger partial charge in [-0.15, -0.1) is 0 Å². The predicted molar refractivity (Wildman–Crippen MR) is 69.2 cm³/mol. The van der Waals surface area contributed by atoms with Gasteiger partial charge in [-0.25, -0.2) is 4.98 Å². The summed E-state index contributed by atoms with van der Waals surface area (Å²) in [6.45, 7) is 8.52. The standard InChI is InChI=1S/C14H21FN2O/c1-4-14(2,3)17-8-7-11(17)10-18-12-5-6-13(15)16-9-12/h5-6,9,11H,4,7-8,10H2,1-3H3/t11-/m0/s1. The molecule has 1 fully saturated rings. The molecule has 1 aromatic heterocycles. The molecule has 3 nitrogen and oxygen atoms in total. The number of ether oxygens (including phenoxy) is 1. The van der Waals surface area contributed by atoms with Crippen molar-refractivity contribution in [2.75, 3.05) is 13.2 Å². The molecular formula is C14H21FN2O. The van der Waals surface area contributed by atoms with Crippen molar-refractivity contribution < 1.29 is 9.13 Å². The Morgan fingerprint density at radius 2 is 2.28 bits per heavy atom. The molecule has 1 aromatic rings. The van der Waals surface area contributed by atoms with E-state index in [1.165, 1.54) is 12.3 Å². The lowest BCUT2D eigenvalue weighted by Crippen LogP contribution is -2.60. The van der Waals surface area contributed by atoms with Crippen LogP contribution in [-0.4, -0.2) is 34.6 Å².